The number of halogens is 1. The topological polar surface area (TPSA) is 87.7 Å². The van der Waals surface area contributed by atoms with Crippen LogP contribution in [0.15, 0.2) is 24.3 Å². The monoisotopic (exact) mass is 613 g/mol. The Morgan fingerprint density at radius 2 is 1.89 bits per heavy atom. The zero-order chi connectivity index (χ0) is 26.9. The maximum Gasteiger partial charge on any atom is 0.247 e. The van der Waals surface area contributed by atoms with Crippen LogP contribution in [0.25, 0.3) is 0 Å². The van der Waals surface area contributed by atoms with E-state index in [0.29, 0.717) is 32.4 Å². The average molecular weight is 614 g/mol. The summed E-state index contributed by atoms with van der Waals surface area (Å²) in [6.07, 6.45) is 4.28. The number of carbonyl (C=O) groups is 3. The lowest BCUT2D eigenvalue weighted by atomic mass is 9.81. The highest BCUT2D eigenvalue weighted by atomic mass is 127. The molecule has 1 aliphatic rings. The first-order chi connectivity index (χ1) is 16.9. The van der Waals surface area contributed by atoms with Gasteiger partial charge in [-0.25, -0.2) is 5.48 Å². The van der Waals surface area contributed by atoms with Crippen LogP contribution in [0.3, 0.4) is 0 Å². The molecule has 0 bridgehead atoms. The number of nitrogens with one attached hydrogen (secondary N) is 2. The van der Waals surface area contributed by atoms with Gasteiger partial charge in [0.15, 0.2) is 0 Å². The molecule has 2 N–H and O–H groups in total. The first-order valence-electron chi connectivity index (χ1n) is 13.2. The second-order valence-corrected chi connectivity index (χ2v) is 12.5. The Morgan fingerprint density at radius 1 is 1.17 bits per heavy atom. The second-order valence-electron chi connectivity index (χ2n) is 11.3. The number of carbonyl (C=O) groups excluding carboxylic acids is 3. The fourth-order valence-corrected chi connectivity index (χ4v) is 5.21. The largest absolute Gasteiger partial charge is 0.344 e. The molecule has 0 saturated carbocycles. The first-order valence-corrected chi connectivity index (χ1v) is 14.3. The molecule has 3 unspecified atom stereocenters. The van der Waals surface area contributed by atoms with E-state index in [2.05, 4.69) is 39.5 Å². The van der Waals surface area contributed by atoms with Gasteiger partial charge in [0.25, 0.3) is 0 Å². The maximum atomic E-state index is 13.6. The molecule has 0 spiro atoms. The quantitative estimate of drug-likeness (QED) is 0.265. The third-order valence-electron chi connectivity index (χ3n) is 6.30. The van der Waals surface area contributed by atoms with Crippen molar-refractivity contribution in [2.75, 3.05) is 6.54 Å². The molecule has 1 saturated heterocycles. The Kier molecular flexibility index (Phi) is 12.1. The van der Waals surface area contributed by atoms with E-state index < -0.39 is 23.5 Å². The van der Waals surface area contributed by atoms with E-state index in [1.165, 1.54) is 0 Å². The third-order valence-corrected chi connectivity index (χ3v) is 6.97. The second kappa shape index (κ2) is 14.3. The summed E-state index contributed by atoms with van der Waals surface area (Å²) in [6, 6.07) is 7.56. The smallest absolute Gasteiger partial charge is 0.247 e. The fourth-order valence-electron chi connectivity index (χ4n) is 4.60. The van der Waals surface area contributed by atoms with Crippen LogP contribution in [-0.2, 0) is 25.8 Å². The van der Waals surface area contributed by atoms with Gasteiger partial charge >= 0.3 is 0 Å². The van der Waals surface area contributed by atoms with Crippen molar-refractivity contribution < 1.29 is 19.2 Å². The minimum Gasteiger partial charge on any atom is -0.344 e. The zero-order valence-corrected chi connectivity index (χ0v) is 24.9. The molecular weight excluding hydrogens is 569 g/mol. The van der Waals surface area contributed by atoms with Gasteiger partial charge in [0.1, 0.15) is 6.04 Å². The standard InChI is InChI=1S/C28H44IN3O4/c1-7-11-22(26(34)31-36-28(4,5)6)23(16-19(2)3)25(33)30-24-14-8-9-15-32(27(24)35)18-20-12-10-13-21(29)17-20/h10,12-13,17,19,22-24H,7-9,11,14-16,18H2,1-6H3,(H,30,33)(H,31,34). The Labute approximate surface area is 230 Å². The van der Waals surface area contributed by atoms with E-state index in [-0.39, 0.29) is 23.6 Å². The van der Waals surface area contributed by atoms with Gasteiger partial charge in [-0.1, -0.05) is 39.3 Å². The van der Waals surface area contributed by atoms with Crippen molar-refractivity contribution in [3.05, 3.63) is 33.4 Å². The summed E-state index contributed by atoms with van der Waals surface area (Å²) in [7, 11) is 0. The van der Waals surface area contributed by atoms with Gasteiger partial charge in [0.05, 0.1) is 11.5 Å². The lowest BCUT2D eigenvalue weighted by molar-refractivity contribution is -0.154. The lowest BCUT2D eigenvalue weighted by Crippen LogP contribution is -2.51. The number of hydroxylamine groups is 1. The van der Waals surface area contributed by atoms with Crippen molar-refractivity contribution in [1.82, 2.24) is 15.7 Å². The van der Waals surface area contributed by atoms with E-state index in [1.54, 1.807) is 0 Å². The summed E-state index contributed by atoms with van der Waals surface area (Å²) < 4.78 is 1.13. The zero-order valence-electron chi connectivity index (χ0n) is 22.7. The van der Waals surface area contributed by atoms with Crippen molar-refractivity contribution in [3.63, 3.8) is 0 Å². The van der Waals surface area contributed by atoms with Crippen LogP contribution in [-0.4, -0.2) is 40.8 Å². The summed E-state index contributed by atoms with van der Waals surface area (Å²) in [5.41, 5.74) is 3.13. The molecule has 0 aromatic heterocycles. The van der Waals surface area contributed by atoms with Crippen molar-refractivity contribution in [3.8, 4) is 0 Å². The Balaban J connectivity index is 2.18. The number of hydrogen-bond donors (Lipinski definition) is 2. The summed E-state index contributed by atoms with van der Waals surface area (Å²) in [6.45, 7) is 12.9. The molecule has 3 amide bonds. The van der Waals surface area contributed by atoms with Gasteiger partial charge in [-0.15, -0.1) is 0 Å². The minimum atomic E-state index is -0.575. The van der Waals surface area contributed by atoms with Gasteiger partial charge in [-0.2, -0.15) is 0 Å². The molecule has 0 radical (unpaired) electrons. The van der Waals surface area contributed by atoms with Crippen LogP contribution < -0.4 is 10.8 Å². The molecule has 3 atom stereocenters. The molecule has 36 heavy (non-hydrogen) atoms. The van der Waals surface area contributed by atoms with Gasteiger partial charge in [0, 0.05) is 22.6 Å². The van der Waals surface area contributed by atoms with E-state index in [9.17, 15) is 14.4 Å². The van der Waals surface area contributed by atoms with E-state index >= 15 is 0 Å². The molecule has 2 rings (SSSR count). The van der Waals surface area contributed by atoms with Gasteiger partial charge < -0.3 is 10.2 Å². The summed E-state index contributed by atoms with van der Waals surface area (Å²) in [5.74, 6) is -1.38. The normalized spacial score (nSPS) is 18.5. The minimum absolute atomic E-state index is 0.0458. The van der Waals surface area contributed by atoms with Crippen LogP contribution in [0, 0.1) is 21.3 Å². The molecule has 1 aromatic rings. The Bertz CT molecular complexity index is 884. The number of rotatable bonds is 11. The number of amides is 3. The molecule has 1 aliphatic heterocycles. The van der Waals surface area contributed by atoms with Crippen molar-refractivity contribution in [1.29, 1.82) is 0 Å². The number of nitrogens with zero attached hydrogens (tertiary/aromatic N) is 1. The van der Waals surface area contributed by atoms with Crippen molar-refractivity contribution in [2.45, 2.75) is 98.3 Å². The molecule has 202 valence electrons. The summed E-state index contributed by atoms with van der Waals surface area (Å²) in [4.78, 5) is 47.6. The number of likely N-dealkylation sites (tertiary alicyclic amines) is 1. The summed E-state index contributed by atoms with van der Waals surface area (Å²) in [5, 5.41) is 3.05. The fraction of sp³-hybridized carbons (Fsp3) is 0.679. The van der Waals surface area contributed by atoms with Gasteiger partial charge in [-0.3, -0.25) is 19.2 Å². The van der Waals surface area contributed by atoms with Crippen molar-refractivity contribution in [2.24, 2.45) is 17.8 Å². The van der Waals surface area contributed by atoms with Crippen LogP contribution in [0.2, 0.25) is 0 Å². The van der Waals surface area contributed by atoms with E-state index in [0.717, 1.165) is 28.4 Å². The SMILES string of the molecule is CCCC(C(=O)NOC(C)(C)C)C(CC(C)C)C(=O)NC1CCCCN(Cc2cccc(I)c2)C1=O. The molecule has 8 heteroatoms. The van der Waals surface area contributed by atoms with E-state index in [4.69, 9.17) is 4.84 Å². The highest BCUT2D eigenvalue weighted by Crippen LogP contribution is 2.27. The first kappa shape index (κ1) is 30.5. The van der Waals surface area contributed by atoms with Gasteiger partial charge in [-0.05, 0) is 99.1 Å². The van der Waals surface area contributed by atoms with Crippen LogP contribution in [0.4, 0.5) is 0 Å². The van der Waals surface area contributed by atoms with Crippen molar-refractivity contribution >= 4 is 40.3 Å². The predicted molar refractivity (Wildman–Crippen MR) is 151 cm³/mol. The maximum absolute atomic E-state index is 13.6. The van der Waals surface area contributed by atoms with E-state index in [1.807, 2.05) is 64.6 Å². The average Bonchev–Trinajstić information content (AvgIpc) is 2.95. The summed E-state index contributed by atoms with van der Waals surface area (Å²) >= 11 is 2.28. The lowest BCUT2D eigenvalue weighted by Gasteiger charge is -2.30. The van der Waals surface area contributed by atoms with Crippen LogP contribution in [0.5, 0.6) is 0 Å². The molecule has 1 heterocycles. The molecule has 7 nitrogen and oxygen atoms in total. The predicted octanol–water partition coefficient (Wildman–Crippen LogP) is 5.21. The Morgan fingerprint density at radius 3 is 2.50 bits per heavy atom. The van der Waals surface area contributed by atoms with Gasteiger partial charge in [0.2, 0.25) is 17.7 Å². The highest BCUT2D eigenvalue weighted by molar-refractivity contribution is 14.1. The molecule has 1 aromatic carbocycles. The van der Waals surface area contributed by atoms with Crippen LogP contribution in [0.1, 0.15) is 85.6 Å². The molecule has 0 aliphatic carbocycles. The van der Waals surface area contributed by atoms with Crippen LogP contribution >= 0.6 is 22.6 Å². The Hall–Kier alpha value is -1.68. The number of benzene rings is 1. The third kappa shape index (κ3) is 10.00. The number of hydrogen-bond acceptors (Lipinski definition) is 4. The molecular formula is C28H44IN3O4. The highest BCUT2D eigenvalue weighted by Gasteiger charge is 2.37. The molecule has 1 fully saturated rings.